The summed E-state index contributed by atoms with van der Waals surface area (Å²) in [5.41, 5.74) is 4.31. The number of aromatic nitrogens is 8. The molecule has 6 heterocycles. The van der Waals surface area contributed by atoms with Gasteiger partial charge in [0.25, 0.3) is 0 Å². The Morgan fingerprint density at radius 3 is 2.76 bits per heavy atom. The number of nitrogens with one attached hydrogen (secondary N) is 3. The van der Waals surface area contributed by atoms with Crippen LogP contribution in [0.25, 0.3) is 56.1 Å². The van der Waals surface area contributed by atoms with Crippen molar-refractivity contribution in [2.24, 2.45) is 5.92 Å². The van der Waals surface area contributed by atoms with Crippen LogP contribution in [0.5, 0.6) is 0 Å². The number of pyridine rings is 4. The number of hydrogen-bond acceptors (Lipinski definition) is 7. The highest BCUT2D eigenvalue weighted by Crippen LogP contribution is 2.34. The molecule has 1 amide bonds. The predicted octanol–water partition coefficient (Wildman–Crippen LogP) is 5.14. The number of amides is 1. The molecule has 0 spiro atoms. The number of carbonyl (C=O) groups is 1. The van der Waals surface area contributed by atoms with E-state index < -0.39 is 5.82 Å². The Hall–Kier alpha value is -5.06. The molecular weight excluding hydrogens is 485 g/mol. The van der Waals surface area contributed by atoms with Gasteiger partial charge in [-0.1, -0.05) is 19.9 Å². The molecule has 6 aromatic heterocycles. The van der Waals surface area contributed by atoms with Crippen molar-refractivity contribution in [3.63, 3.8) is 0 Å². The molecule has 0 atom stereocenters. The van der Waals surface area contributed by atoms with Gasteiger partial charge in [0, 0.05) is 42.3 Å². The van der Waals surface area contributed by atoms with Crippen molar-refractivity contribution in [3.05, 3.63) is 67.1 Å². The van der Waals surface area contributed by atoms with Crippen molar-refractivity contribution in [1.82, 2.24) is 40.1 Å². The Labute approximate surface area is 215 Å². The zero-order valence-electron chi connectivity index (χ0n) is 20.5. The third-order valence-corrected chi connectivity index (χ3v) is 5.99. The highest BCUT2D eigenvalue weighted by atomic mass is 19.1. The standard InChI is InChI=1S/C27H22FN9O/c1-14(2)9-20(38)33-16-10-15(11-29-12-16)17-13-32-26-21(22(17)28)25(36-37-26)27-34-19-6-8-31-23(24(19)35-27)18-5-3-4-7-30-18/h3-8,10-14H,9H2,1-2H3,(H,33,38)(H,34,35)(H,32,36,37). The molecule has 3 N–H and O–H groups in total. The first-order chi connectivity index (χ1) is 18.5. The number of carbonyl (C=O) groups excluding carboxylic acids is 1. The molecule has 6 rings (SSSR count). The van der Waals surface area contributed by atoms with Gasteiger partial charge in [0.2, 0.25) is 5.91 Å². The molecule has 0 radical (unpaired) electrons. The molecule has 188 valence electrons. The van der Waals surface area contributed by atoms with Crippen molar-refractivity contribution < 1.29 is 9.18 Å². The van der Waals surface area contributed by atoms with Gasteiger partial charge in [0.15, 0.2) is 11.5 Å². The normalized spacial score (nSPS) is 11.5. The van der Waals surface area contributed by atoms with Gasteiger partial charge in [0.1, 0.15) is 22.7 Å². The number of halogens is 1. The molecule has 0 aliphatic rings. The number of rotatable bonds is 6. The zero-order chi connectivity index (χ0) is 26.2. The largest absolute Gasteiger partial charge is 0.336 e. The topological polar surface area (TPSA) is 138 Å². The summed E-state index contributed by atoms with van der Waals surface area (Å²) in [5.74, 6) is -0.0878. The highest BCUT2D eigenvalue weighted by molar-refractivity contribution is 5.96. The van der Waals surface area contributed by atoms with E-state index in [1.54, 1.807) is 24.5 Å². The fourth-order valence-electron chi connectivity index (χ4n) is 4.30. The van der Waals surface area contributed by atoms with E-state index >= 15 is 4.39 Å². The quantitative estimate of drug-likeness (QED) is 0.284. The maximum atomic E-state index is 16.0. The molecule has 6 aromatic rings. The highest BCUT2D eigenvalue weighted by Gasteiger charge is 2.22. The smallest absolute Gasteiger partial charge is 0.224 e. The summed E-state index contributed by atoms with van der Waals surface area (Å²) in [6, 6.07) is 9.01. The van der Waals surface area contributed by atoms with Crippen molar-refractivity contribution in [1.29, 1.82) is 0 Å². The Morgan fingerprint density at radius 2 is 1.95 bits per heavy atom. The predicted molar refractivity (Wildman–Crippen MR) is 141 cm³/mol. The summed E-state index contributed by atoms with van der Waals surface area (Å²) in [6.45, 7) is 3.93. The molecule has 0 saturated heterocycles. The van der Waals surface area contributed by atoms with Crippen molar-refractivity contribution in [3.8, 4) is 34.0 Å². The van der Waals surface area contributed by atoms with Gasteiger partial charge in [-0.15, -0.1) is 0 Å². The molecule has 38 heavy (non-hydrogen) atoms. The Morgan fingerprint density at radius 1 is 1.05 bits per heavy atom. The summed E-state index contributed by atoms with van der Waals surface area (Å²) in [7, 11) is 0. The van der Waals surface area contributed by atoms with Crippen molar-refractivity contribution in [2.45, 2.75) is 20.3 Å². The maximum Gasteiger partial charge on any atom is 0.224 e. The number of imidazole rings is 1. The first kappa shape index (κ1) is 23.3. The Balaban J connectivity index is 1.42. The van der Waals surface area contributed by atoms with Gasteiger partial charge in [-0.05, 0) is 30.2 Å². The molecular formula is C27H22FN9O. The van der Waals surface area contributed by atoms with E-state index in [0.29, 0.717) is 45.9 Å². The van der Waals surface area contributed by atoms with Crippen LogP contribution in [-0.4, -0.2) is 46.0 Å². The van der Waals surface area contributed by atoms with Crippen LogP contribution in [0.3, 0.4) is 0 Å². The van der Waals surface area contributed by atoms with Crippen LogP contribution in [0.15, 0.2) is 61.3 Å². The number of nitrogens with zero attached hydrogens (tertiary/aromatic N) is 6. The van der Waals surface area contributed by atoms with E-state index in [1.807, 2.05) is 32.0 Å². The summed E-state index contributed by atoms with van der Waals surface area (Å²) >= 11 is 0. The second kappa shape index (κ2) is 9.43. The average molecular weight is 508 g/mol. The van der Waals surface area contributed by atoms with Gasteiger partial charge >= 0.3 is 0 Å². The van der Waals surface area contributed by atoms with E-state index in [0.717, 1.165) is 0 Å². The zero-order valence-corrected chi connectivity index (χ0v) is 20.5. The molecule has 0 fully saturated rings. The summed E-state index contributed by atoms with van der Waals surface area (Å²) in [6.07, 6.45) is 8.19. The van der Waals surface area contributed by atoms with Crippen LogP contribution >= 0.6 is 0 Å². The molecule has 10 nitrogen and oxygen atoms in total. The van der Waals surface area contributed by atoms with Gasteiger partial charge in [-0.25, -0.2) is 14.4 Å². The molecule has 0 aliphatic heterocycles. The Bertz CT molecular complexity index is 1790. The monoisotopic (exact) mass is 507 g/mol. The molecule has 0 bridgehead atoms. The second-order valence-electron chi connectivity index (χ2n) is 9.25. The number of anilines is 1. The van der Waals surface area contributed by atoms with Crippen LogP contribution in [0, 0.1) is 11.7 Å². The first-order valence-electron chi connectivity index (χ1n) is 12.0. The number of hydrogen-bond donors (Lipinski definition) is 3. The third kappa shape index (κ3) is 4.23. The number of fused-ring (bicyclic) bond motifs is 2. The molecule has 0 aromatic carbocycles. The summed E-state index contributed by atoms with van der Waals surface area (Å²) in [5, 5.41) is 10.1. The van der Waals surface area contributed by atoms with Gasteiger partial charge in [0.05, 0.1) is 28.5 Å². The van der Waals surface area contributed by atoms with Gasteiger partial charge in [-0.2, -0.15) is 5.10 Å². The van der Waals surface area contributed by atoms with Crippen LogP contribution in [0.2, 0.25) is 0 Å². The van der Waals surface area contributed by atoms with E-state index in [-0.39, 0.29) is 34.1 Å². The lowest BCUT2D eigenvalue weighted by molar-refractivity contribution is -0.116. The van der Waals surface area contributed by atoms with Crippen LogP contribution in [0.1, 0.15) is 20.3 Å². The minimum Gasteiger partial charge on any atom is -0.336 e. The number of H-pyrrole nitrogens is 2. The fraction of sp³-hybridized carbons (Fsp3) is 0.148. The van der Waals surface area contributed by atoms with Crippen molar-refractivity contribution >= 4 is 33.7 Å². The SMILES string of the molecule is CC(C)CC(=O)Nc1cncc(-c2cnc3[nH]nc(-c4nc5c(-c6ccccn6)nccc5[nH]4)c3c2F)c1. The van der Waals surface area contributed by atoms with Crippen molar-refractivity contribution in [2.75, 3.05) is 5.32 Å². The average Bonchev–Trinajstić information content (AvgIpc) is 3.54. The maximum absolute atomic E-state index is 16.0. The molecule has 0 aliphatic carbocycles. The minimum atomic E-state index is -0.533. The number of aromatic amines is 2. The molecule has 0 saturated carbocycles. The van der Waals surface area contributed by atoms with E-state index in [9.17, 15) is 4.79 Å². The fourth-order valence-corrected chi connectivity index (χ4v) is 4.30. The van der Waals surface area contributed by atoms with Gasteiger partial charge < -0.3 is 10.3 Å². The second-order valence-corrected chi connectivity index (χ2v) is 9.25. The van der Waals surface area contributed by atoms with E-state index in [2.05, 4.69) is 40.4 Å². The van der Waals surface area contributed by atoms with E-state index in [4.69, 9.17) is 4.98 Å². The lowest BCUT2D eigenvalue weighted by atomic mass is 10.1. The minimum absolute atomic E-state index is 0.130. The lowest BCUT2D eigenvalue weighted by Gasteiger charge is -2.09. The summed E-state index contributed by atoms with van der Waals surface area (Å²) in [4.78, 5) is 37.5. The Kier molecular flexibility index (Phi) is 5.79. The van der Waals surface area contributed by atoms with Gasteiger partial charge in [-0.3, -0.25) is 24.8 Å². The molecule has 0 unspecified atom stereocenters. The third-order valence-electron chi connectivity index (χ3n) is 5.99. The van der Waals surface area contributed by atoms with Crippen LogP contribution < -0.4 is 5.32 Å². The first-order valence-corrected chi connectivity index (χ1v) is 12.0. The van der Waals surface area contributed by atoms with Crippen LogP contribution in [-0.2, 0) is 4.79 Å². The summed E-state index contributed by atoms with van der Waals surface area (Å²) < 4.78 is 16.0. The molecule has 11 heteroatoms. The lowest BCUT2D eigenvalue weighted by Crippen LogP contribution is -2.14. The van der Waals surface area contributed by atoms with Crippen LogP contribution in [0.4, 0.5) is 10.1 Å². The van der Waals surface area contributed by atoms with E-state index in [1.165, 1.54) is 18.6 Å².